The molecule has 84 valence electrons. The molecule has 0 amide bonds. The van der Waals surface area contributed by atoms with E-state index in [1.165, 1.54) is 6.26 Å². The third kappa shape index (κ3) is 2.18. The van der Waals surface area contributed by atoms with Gasteiger partial charge < -0.3 is 9.84 Å². The van der Waals surface area contributed by atoms with Crippen LogP contribution in [0.15, 0.2) is 29.0 Å². The number of anilines is 1. The maximum absolute atomic E-state index is 13.2. The molecular weight excluding hydrogens is 214 g/mol. The molecule has 0 saturated heterocycles. The Morgan fingerprint density at radius 2 is 2.19 bits per heavy atom. The summed E-state index contributed by atoms with van der Waals surface area (Å²) in [6, 6.07) is 3.27. The van der Waals surface area contributed by atoms with Gasteiger partial charge in [0.05, 0.1) is 11.4 Å². The van der Waals surface area contributed by atoms with E-state index >= 15 is 0 Å². The highest BCUT2D eigenvalue weighted by atomic mass is 19.1. The van der Waals surface area contributed by atoms with E-state index in [1.807, 2.05) is 0 Å². The Balaban J connectivity index is 2.10. The van der Waals surface area contributed by atoms with E-state index in [4.69, 9.17) is 4.52 Å². The Morgan fingerprint density at radius 3 is 2.88 bits per heavy atom. The zero-order chi connectivity index (χ0) is 11.5. The maximum Gasteiger partial charge on any atom is 0.146 e. The number of aryl methyl sites for hydroxylation is 1. The fourth-order valence-corrected chi connectivity index (χ4v) is 1.31. The molecule has 0 aliphatic rings. The number of hydrogen-bond donors (Lipinski definition) is 1. The predicted molar refractivity (Wildman–Crippen MR) is 54.9 cm³/mol. The third-order valence-corrected chi connectivity index (χ3v) is 2.25. The highest BCUT2D eigenvalue weighted by molar-refractivity contribution is 5.45. The molecule has 0 spiro atoms. The first-order chi connectivity index (χ1) is 7.66. The van der Waals surface area contributed by atoms with Crippen molar-refractivity contribution in [3.8, 4) is 0 Å². The van der Waals surface area contributed by atoms with Crippen molar-refractivity contribution in [1.82, 2.24) is 5.16 Å². The van der Waals surface area contributed by atoms with Crippen LogP contribution in [0, 0.1) is 18.6 Å². The zero-order valence-electron chi connectivity index (χ0n) is 8.63. The first-order valence-corrected chi connectivity index (χ1v) is 4.75. The van der Waals surface area contributed by atoms with E-state index in [0.29, 0.717) is 6.54 Å². The van der Waals surface area contributed by atoms with Crippen LogP contribution in [0.1, 0.15) is 11.3 Å². The average molecular weight is 224 g/mol. The van der Waals surface area contributed by atoms with Crippen LogP contribution < -0.4 is 5.32 Å². The molecule has 0 unspecified atom stereocenters. The van der Waals surface area contributed by atoms with Gasteiger partial charge in [-0.15, -0.1) is 0 Å². The van der Waals surface area contributed by atoms with E-state index in [-0.39, 0.29) is 5.69 Å². The maximum atomic E-state index is 13.2. The van der Waals surface area contributed by atoms with Crippen LogP contribution in [0.4, 0.5) is 14.5 Å². The molecule has 2 aromatic rings. The van der Waals surface area contributed by atoms with Gasteiger partial charge in [0, 0.05) is 12.1 Å². The molecule has 0 aliphatic carbocycles. The van der Waals surface area contributed by atoms with Crippen molar-refractivity contribution in [3.63, 3.8) is 0 Å². The number of aromatic nitrogens is 1. The first kappa shape index (κ1) is 10.6. The molecule has 1 heterocycles. The smallest absolute Gasteiger partial charge is 0.146 e. The lowest BCUT2D eigenvalue weighted by Gasteiger charge is -2.06. The largest absolute Gasteiger partial charge is 0.378 e. The van der Waals surface area contributed by atoms with Crippen molar-refractivity contribution in [2.45, 2.75) is 13.5 Å². The van der Waals surface area contributed by atoms with Crippen LogP contribution in [-0.2, 0) is 6.54 Å². The van der Waals surface area contributed by atoms with Gasteiger partial charge in [-0.25, -0.2) is 8.78 Å². The van der Waals surface area contributed by atoms with Crippen LogP contribution >= 0.6 is 0 Å². The van der Waals surface area contributed by atoms with Crippen LogP contribution in [-0.4, -0.2) is 5.16 Å². The summed E-state index contributed by atoms with van der Waals surface area (Å²) in [7, 11) is 0. The zero-order valence-corrected chi connectivity index (χ0v) is 8.63. The average Bonchev–Trinajstić information content (AvgIpc) is 2.66. The lowest BCUT2D eigenvalue weighted by atomic mass is 10.2. The Morgan fingerprint density at radius 1 is 1.38 bits per heavy atom. The quantitative estimate of drug-likeness (QED) is 0.871. The monoisotopic (exact) mass is 224 g/mol. The van der Waals surface area contributed by atoms with Crippen molar-refractivity contribution in [3.05, 3.63) is 47.4 Å². The molecule has 0 bridgehead atoms. The van der Waals surface area contributed by atoms with Gasteiger partial charge in [-0.2, -0.15) is 0 Å². The Labute approximate surface area is 91.1 Å². The number of benzene rings is 1. The van der Waals surface area contributed by atoms with Gasteiger partial charge in [0.15, 0.2) is 0 Å². The minimum atomic E-state index is -0.490. The summed E-state index contributed by atoms with van der Waals surface area (Å²) in [6.45, 7) is 2.12. The summed E-state index contributed by atoms with van der Waals surface area (Å²) in [4.78, 5) is 0. The molecule has 0 saturated carbocycles. The van der Waals surface area contributed by atoms with E-state index in [1.54, 1.807) is 6.92 Å². The van der Waals surface area contributed by atoms with Gasteiger partial charge in [0.2, 0.25) is 0 Å². The number of halogens is 2. The standard InChI is InChI=1S/C11H10F2N2O/c1-7-8(6-16-15-7)5-14-11-4-9(12)2-3-10(11)13/h2-4,6,14H,5H2,1H3. The fraction of sp³-hybridized carbons (Fsp3) is 0.182. The van der Waals surface area contributed by atoms with Gasteiger partial charge in [0.1, 0.15) is 17.9 Å². The minimum Gasteiger partial charge on any atom is -0.378 e. The number of nitrogens with zero attached hydrogens (tertiary/aromatic N) is 1. The summed E-state index contributed by atoms with van der Waals surface area (Å²) >= 11 is 0. The summed E-state index contributed by atoms with van der Waals surface area (Å²) in [6.07, 6.45) is 1.47. The first-order valence-electron chi connectivity index (χ1n) is 4.75. The lowest BCUT2D eigenvalue weighted by molar-refractivity contribution is 0.414. The summed E-state index contributed by atoms with van der Waals surface area (Å²) in [5.74, 6) is -0.971. The number of rotatable bonds is 3. The fourth-order valence-electron chi connectivity index (χ4n) is 1.31. The van der Waals surface area contributed by atoms with E-state index in [9.17, 15) is 8.78 Å². The van der Waals surface area contributed by atoms with Crippen molar-refractivity contribution < 1.29 is 13.3 Å². The van der Waals surface area contributed by atoms with Crippen LogP contribution in [0.5, 0.6) is 0 Å². The molecule has 5 heteroatoms. The van der Waals surface area contributed by atoms with E-state index in [0.717, 1.165) is 29.5 Å². The van der Waals surface area contributed by atoms with Crippen LogP contribution in [0.25, 0.3) is 0 Å². The minimum absolute atomic E-state index is 0.126. The molecule has 0 aliphatic heterocycles. The Kier molecular flexibility index (Phi) is 2.85. The van der Waals surface area contributed by atoms with Crippen molar-refractivity contribution in [1.29, 1.82) is 0 Å². The van der Waals surface area contributed by atoms with Gasteiger partial charge >= 0.3 is 0 Å². The third-order valence-electron chi connectivity index (χ3n) is 2.25. The molecule has 1 aromatic carbocycles. The topological polar surface area (TPSA) is 38.1 Å². The van der Waals surface area contributed by atoms with Gasteiger partial charge in [-0.1, -0.05) is 5.16 Å². The second kappa shape index (κ2) is 4.30. The highest BCUT2D eigenvalue weighted by Crippen LogP contribution is 2.16. The Hall–Kier alpha value is -1.91. The van der Waals surface area contributed by atoms with Crippen LogP contribution in [0.2, 0.25) is 0 Å². The van der Waals surface area contributed by atoms with Crippen LogP contribution in [0.3, 0.4) is 0 Å². The highest BCUT2D eigenvalue weighted by Gasteiger charge is 2.06. The summed E-state index contributed by atoms with van der Waals surface area (Å²) in [5.41, 5.74) is 1.66. The molecule has 0 radical (unpaired) electrons. The molecule has 2 rings (SSSR count). The molecule has 16 heavy (non-hydrogen) atoms. The van der Waals surface area contributed by atoms with E-state index in [2.05, 4.69) is 10.5 Å². The molecule has 0 fully saturated rings. The molecule has 3 nitrogen and oxygen atoms in total. The molecule has 0 atom stereocenters. The SMILES string of the molecule is Cc1nocc1CNc1cc(F)ccc1F. The van der Waals surface area contributed by atoms with Gasteiger partial charge in [-0.05, 0) is 25.1 Å². The van der Waals surface area contributed by atoms with Gasteiger partial charge in [0.25, 0.3) is 0 Å². The van der Waals surface area contributed by atoms with E-state index < -0.39 is 11.6 Å². The van der Waals surface area contributed by atoms with Crippen molar-refractivity contribution >= 4 is 5.69 Å². The number of hydrogen-bond acceptors (Lipinski definition) is 3. The van der Waals surface area contributed by atoms with Gasteiger partial charge in [-0.3, -0.25) is 0 Å². The molecular formula is C11H10F2N2O. The number of nitrogens with one attached hydrogen (secondary N) is 1. The molecule has 1 N–H and O–H groups in total. The van der Waals surface area contributed by atoms with Crippen molar-refractivity contribution in [2.75, 3.05) is 5.32 Å². The predicted octanol–water partition coefficient (Wildman–Crippen LogP) is 2.87. The summed E-state index contributed by atoms with van der Waals surface area (Å²) in [5, 5.41) is 6.47. The second-order valence-electron chi connectivity index (χ2n) is 3.40. The Bertz CT molecular complexity index is 496. The summed E-state index contributed by atoms with van der Waals surface area (Å²) < 4.78 is 30.8. The molecule has 1 aromatic heterocycles. The lowest BCUT2D eigenvalue weighted by Crippen LogP contribution is -2.02. The normalized spacial score (nSPS) is 10.4. The second-order valence-corrected chi connectivity index (χ2v) is 3.40. The van der Waals surface area contributed by atoms with Crippen molar-refractivity contribution in [2.24, 2.45) is 0 Å².